The van der Waals surface area contributed by atoms with Crippen molar-refractivity contribution in [3.05, 3.63) is 82.3 Å². The van der Waals surface area contributed by atoms with Crippen molar-refractivity contribution in [3.63, 3.8) is 0 Å². The number of aryl methyl sites for hydroxylation is 1. The number of rotatable bonds is 5. The van der Waals surface area contributed by atoms with Gasteiger partial charge in [-0.3, -0.25) is 9.47 Å². The molecule has 1 saturated heterocycles. The maximum atomic E-state index is 13.1. The van der Waals surface area contributed by atoms with Crippen LogP contribution in [0.15, 0.2) is 59.5 Å². The number of aromatic amines is 1. The summed E-state index contributed by atoms with van der Waals surface area (Å²) in [7, 11) is 0. The van der Waals surface area contributed by atoms with Gasteiger partial charge in [-0.15, -0.1) is 0 Å². The highest BCUT2D eigenvalue weighted by molar-refractivity contribution is 5.91. The van der Waals surface area contributed by atoms with Crippen molar-refractivity contribution in [1.29, 1.82) is 0 Å². The summed E-state index contributed by atoms with van der Waals surface area (Å²) < 4.78 is 14.6. The standard InChI is InChI=1S/C23H26FN5O2/c1-16-14-25-23(31)29(16)21-5-3-2-4-20(21)27-22(30)26-19-10-12-28(13-11-19)15-17-6-8-18(24)9-7-17/h2-9,14,19H,10-13,15H2,1H3,(H,25,31)(H2,26,27,30). The van der Waals surface area contributed by atoms with Gasteiger partial charge in [0.1, 0.15) is 5.82 Å². The molecule has 31 heavy (non-hydrogen) atoms. The fraction of sp³-hybridized carbons (Fsp3) is 0.304. The number of nitrogens with zero attached hydrogens (tertiary/aromatic N) is 2. The van der Waals surface area contributed by atoms with Crippen LogP contribution in [0.4, 0.5) is 14.9 Å². The van der Waals surface area contributed by atoms with Crippen molar-refractivity contribution in [1.82, 2.24) is 19.8 Å². The first-order chi connectivity index (χ1) is 15.0. The first kappa shape index (κ1) is 20.9. The molecule has 0 bridgehead atoms. The number of H-pyrrole nitrogens is 1. The van der Waals surface area contributed by atoms with E-state index in [1.807, 2.05) is 31.2 Å². The van der Waals surface area contributed by atoms with E-state index >= 15 is 0 Å². The normalized spacial score (nSPS) is 15.0. The maximum absolute atomic E-state index is 13.1. The third kappa shape index (κ3) is 5.03. The Morgan fingerprint density at radius 2 is 1.84 bits per heavy atom. The quantitative estimate of drug-likeness (QED) is 0.588. The van der Waals surface area contributed by atoms with E-state index in [-0.39, 0.29) is 23.6 Å². The topological polar surface area (TPSA) is 82.2 Å². The van der Waals surface area contributed by atoms with E-state index in [9.17, 15) is 14.0 Å². The van der Waals surface area contributed by atoms with Gasteiger partial charge < -0.3 is 15.6 Å². The van der Waals surface area contributed by atoms with Crippen LogP contribution in [0, 0.1) is 12.7 Å². The molecule has 4 rings (SSSR count). The molecule has 0 spiro atoms. The van der Waals surface area contributed by atoms with Crippen LogP contribution in [0.1, 0.15) is 24.1 Å². The number of hydrogen-bond acceptors (Lipinski definition) is 3. The van der Waals surface area contributed by atoms with Crippen molar-refractivity contribution >= 4 is 11.7 Å². The molecule has 0 aliphatic carbocycles. The molecule has 3 N–H and O–H groups in total. The Hall–Kier alpha value is -3.39. The molecule has 7 nitrogen and oxygen atoms in total. The molecule has 1 aliphatic rings. The number of piperidine rings is 1. The molecular formula is C23H26FN5O2. The van der Waals surface area contributed by atoms with E-state index in [1.54, 1.807) is 18.3 Å². The van der Waals surface area contributed by atoms with Crippen LogP contribution >= 0.6 is 0 Å². The number of imidazole rings is 1. The number of amides is 2. The van der Waals surface area contributed by atoms with Crippen molar-refractivity contribution in [3.8, 4) is 5.69 Å². The Kier molecular flexibility index (Phi) is 6.18. The van der Waals surface area contributed by atoms with Gasteiger partial charge in [-0.2, -0.15) is 0 Å². The fourth-order valence-electron chi connectivity index (χ4n) is 3.96. The monoisotopic (exact) mass is 423 g/mol. The molecule has 2 heterocycles. The highest BCUT2D eigenvalue weighted by Crippen LogP contribution is 2.20. The van der Waals surface area contributed by atoms with E-state index in [1.165, 1.54) is 16.7 Å². The van der Waals surface area contributed by atoms with Gasteiger partial charge in [0.2, 0.25) is 0 Å². The third-order valence-corrected chi connectivity index (χ3v) is 5.60. The maximum Gasteiger partial charge on any atom is 0.330 e. The highest BCUT2D eigenvalue weighted by atomic mass is 19.1. The molecule has 2 amide bonds. The SMILES string of the molecule is Cc1c[nH]c(=O)n1-c1ccccc1NC(=O)NC1CCN(Cc2ccc(F)cc2)CC1. The summed E-state index contributed by atoms with van der Waals surface area (Å²) in [6.07, 6.45) is 3.32. The van der Waals surface area contributed by atoms with Gasteiger partial charge in [0.25, 0.3) is 0 Å². The van der Waals surface area contributed by atoms with Gasteiger partial charge in [0.05, 0.1) is 11.4 Å². The van der Waals surface area contributed by atoms with E-state index in [0.717, 1.165) is 43.7 Å². The molecule has 1 aromatic heterocycles. The van der Waals surface area contributed by atoms with Gasteiger partial charge in [-0.25, -0.2) is 14.0 Å². The van der Waals surface area contributed by atoms with Crippen LogP contribution in [0.3, 0.4) is 0 Å². The molecule has 0 atom stereocenters. The van der Waals surface area contributed by atoms with Crippen molar-refractivity contribution in [2.45, 2.75) is 32.4 Å². The minimum Gasteiger partial charge on any atom is -0.335 e. The number of para-hydroxylation sites is 2. The van der Waals surface area contributed by atoms with E-state index in [0.29, 0.717) is 11.4 Å². The molecule has 1 fully saturated rings. The lowest BCUT2D eigenvalue weighted by Gasteiger charge is -2.32. The summed E-state index contributed by atoms with van der Waals surface area (Å²) in [6.45, 7) is 4.32. The van der Waals surface area contributed by atoms with E-state index in [4.69, 9.17) is 0 Å². The smallest absolute Gasteiger partial charge is 0.330 e. The summed E-state index contributed by atoms with van der Waals surface area (Å²) in [5, 5.41) is 5.92. The zero-order valence-corrected chi connectivity index (χ0v) is 17.4. The highest BCUT2D eigenvalue weighted by Gasteiger charge is 2.21. The predicted molar refractivity (Wildman–Crippen MR) is 118 cm³/mol. The number of anilines is 1. The van der Waals surface area contributed by atoms with Crippen LogP contribution in [0.25, 0.3) is 5.69 Å². The van der Waals surface area contributed by atoms with Crippen LogP contribution in [-0.4, -0.2) is 39.6 Å². The Balaban J connectivity index is 1.32. The summed E-state index contributed by atoms with van der Waals surface area (Å²) in [4.78, 5) is 29.7. The second-order valence-electron chi connectivity index (χ2n) is 7.86. The van der Waals surface area contributed by atoms with E-state index < -0.39 is 0 Å². The fourth-order valence-corrected chi connectivity index (χ4v) is 3.96. The minimum atomic E-state index is -0.286. The summed E-state index contributed by atoms with van der Waals surface area (Å²) in [5.74, 6) is -0.226. The second-order valence-corrected chi connectivity index (χ2v) is 7.86. The first-order valence-corrected chi connectivity index (χ1v) is 10.4. The number of halogens is 1. The Bertz CT molecular complexity index is 1100. The molecule has 3 aromatic rings. The molecule has 0 radical (unpaired) electrons. The number of likely N-dealkylation sites (tertiary alicyclic amines) is 1. The minimum absolute atomic E-state index is 0.0772. The van der Waals surface area contributed by atoms with Crippen molar-refractivity contribution in [2.24, 2.45) is 0 Å². The average Bonchev–Trinajstić information content (AvgIpc) is 3.09. The van der Waals surface area contributed by atoms with Crippen LogP contribution in [0.2, 0.25) is 0 Å². The number of carbonyl (C=O) groups is 1. The molecule has 162 valence electrons. The number of carbonyl (C=O) groups excluding carboxylic acids is 1. The summed E-state index contributed by atoms with van der Waals surface area (Å²) in [5.41, 5.74) is 2.78. The summed E-state index contributed by atoms with van der Waals surface area (Å²) in [6, 6.07) is 13.6. The number of hydrogen-bond donors (Lipinski definition) is 3. The Morgan fingerprint density at radius 1 is 1.13 bits per heavy atom. The molecule has 8 heteroatoms. The predicted octanol–water partition coefficient (Wildman–Crippen LogP) is 3.40. The number of urea groups is 1. The number of benzene rings is 2. The third-order valence-electron chi connectivity index (χ3n) is 5.60. The Morgan fingerprint density at radius 3 is 2.52 bits per heavy atom. The number of nitrogens with one attached hydrogen (secondary N) is 3. The van der Waals surface area contributed by atoms with Gasteiger partial charge in [-0.05, 0) is 49.6 Å². The molecule has 2 aromatic carbocycles. The van der Waals surface area contributed by atoms with Gasteiger partial charge in [0, 0.05) is 37.6 Å². The molecule has 0 unspecified atom stereocenters. The van der Waals surface area contributed by atoms with Crippen LogP contribution in [-0.2, 0) is 6.54 Å². The summed E-state index contributed by atoms with van der Waals surface area (Å²) >= 11 is 0. The lowest BCUT2D eigenvalue weighted by Crippen LogP contribution is -2.45. The number of aromatic nitrogens is 2. The zero-order chi connectivity index (χ0) is 21.8. The molecule has 0 saturated carbocycles. The first-order valence-electron chi connectivity index (χ1n) is 10.4. The molecule has 1 aliphatic heterocycles. The zero-order valence-electron chi connectivity index (χ0n) is 17.4. The average molecular weight is 423 g/mol. The van der Waals surface area contributed by atoms with Crippen molar-refractivity contribution < 1.29 is 9.18 Å². The largest absolute Gasteiger partial charge is 0.335 e. The van der Waals surface area contributed by atoms with Crippen LogP contribution < -0.4 is 16.3 Å². The van der Waals surface area contributed by atoms with Crippen molar-refractivity contribution in [2.75, 3.05) is 18.4 Å². The van der Waals surface area contributed by atoms with Gasteiger partial charge >= 0.3 is 11.7 Å². The second kappa shape index (κ2) is 9.18. The van der Waals surface area contributed by atoms with E-state index in [2.05, 4.69) is 20.5 Å². The lowest BCUT2D eigenvalue weighted by atomic mass is 10.0. The Labute approximate surface area is 179 Å². The van der Waals surface area contributed by atoms with Gasteiger partial charge in [-0.1, -0.05) is 24.3 Å². The van der Waals surface area contributed by atoms with Gasteiger partial charge in [0.15, 0.2) is 0 Å². The lowest BCUT2D eigenvalue weighted by molar-refractivity contribution is 0.190. The van der Waals surface area contributed by atoms with Crippen LogP contribution in [0.5, 0.6) is 0 Å². The molecular weight excluding hydrogens is 397 g/mol.